The number of furan rings is 1. The third-order valence-corrected chi connectivity index (χ3v) is 4.88. The molecule has 0 atom stereocenters. The van der Waals surface area contributed by atoms with Crippen LogP contribution >= 0.6 is 11.8 Å². The summed E-state index contributed by atoms with van der Waals surface area (Å²) in [7, 11) is 0. The molecule has 2 aromatic carbocycles. The fraction of sp³-hybridized carbons (Fsp3) is 0.136. The number of ketones is 1. The van der Waals surface area contributed by atoms with Gasteiger partial charge >= 0.3 is 5.97 Å². The molecule has 0 bridgehead atoms. The van der Waals surface area contributed by atoms with Gasteiger partial charge in [0.25, 0.3) is 11.7 Å². The molecule has 1 aromatic heterocycles. The lowest BCUT2D eigenvalue weighted by Crippen LogP contribution is -2.21. The summed E-state index contributed by atoms with van der Waals surface area (Å²) in [5.74, 6) is -3.94. The van der Waals surface area contributed by atoms with E-state index in [1.807, 2.05) is 0 Å². The molecule has 0 unspecified atom stereocenters. The van der Waals surface area contributed by atoms with Crippen LogP contribution in [-0.4, -0.2) is 30.0 Å². The number of para-hydroxylation sites is 1. The first-order chi connectivity index (χ1) is 14.8. The minimum Gasteiger partial charge on any atom is -0.450 e. The van der Waals surface area contributed by atoms with Crippen LogP contribution in [0, 0.1) is 0 Å². The number of anilines is 1. The maximum atomic E-state index is 12.6. The topological polar surface area (TPSA) is 85.6 Å². The second-order valence-electron chi connectivity index (χ2n) is 6.30. The minimum absolute atomic E-state index is 0.0658. The number of thioether (sulfide) groups is 1. The molecule has 0 fully saturated rings. The number of amides is 1. The van der Waals surface area contributed by atoms with Gasteiger partial charge in [0.05, 0.1) is 5.69 Å². The zero-order chi connectivity index (χ0) is 22.4. The number of hydrogen-bond donors (Lipinski definition) is 1. The Labute approximate surface area is 180 Å². The van der Waals surface area contributed by atoms with E-state index in [2.05, 4.69) is 5.32 Å². The van der Waals surface area contributed by atoms with Crippen LogP contribution in [0.1, 0.15) is 27.8 Å². The second-order valence-corrected chi connectivity index (χ2v) is 7.33. The number of Topliss-reactive ketones (excluding diaryl/α,β-unsaturated/α-hetero) is 1. The van der Waals surface area contributed by atoms with Gasteiger partial charge < -0.3 is 14.5 Å². The van der Waals surface area contributed by atoms with Crippen molar-refractivity contribution >= 4 is 35.1 Å². The third-order valence-electron chi connectivity index (χ3n) is 4.09. The smallest absolute Gasteiger partial charge is 0.374 e. The van der Waals surface area contributed by atoms with E-state index in [0.29, 0.717) is 28.6 Å². The average Bonchev–Trinajstić information content (AvgIpc) is 3.23. The predicted octanol–water partition coefficient (Wildman–Crippen LogP) is 5.26. The molecule has 1 amide bonds. The summed E-state index contributed by atoms with van der Waals surface area (Å²) in [5, 5.41) is 2.44. The van der Waals surface area contributed by atoms with Crippen LogP contribution in [0.4, 0.5) is 14.5 Å². The van der Waals surface area contributed by atoms with Crippen molar-refractivity contribution in [2.24, 2.45) is 0 Å². The molecule has 0 aliphatic carbocycles. The van der Waals surface area contributed by atoms with Crippen LogP contribution in [0.15, 0.2) is 70.0 Å². The second kappa shape index (κ2) is 10.0. The van der Waals surface area contributed by atoms with Crippen LogP contribution < -0.4 is 5.32 Å². The van der Waals surface area contributed by atoms with Crippen LogP contribution in [0.2, 0.25) is 0 Å². The van der Waals surface area contributed by atoms with Crippen molar-refractivity contribution in [3.63, 3.8) is 0 Å². The highest BCUT2D eigenvalue weighted by Crippen LogP contribution is 2.31. The van der Waals surface area contributed by atoms with Gasteiger partial charge in [-0.25, -0.2) is 4.79 Å². The number of ether oxygens (including phenoxy) is 1. The van der Waals surface area contributed by atoms with Gasteiger partial charge in [-0.05, 0) is 31.2 Å². The summed E-state index contributed by atoms with van der Waals surface area (Å²) in [6.07, 6.45) is 0. The Morgan fingerprint density at radius 1 is 1.03 bits per heavy atom. The SMILES string of the molecule is CC(=O)c1ccc(-c2ccc(C(=O)OCC(=O)Nc3ccccc3SC(F)F)o2)cc1. The Morgan fingerprint density at radius 3 is 2.42 bits per heavy atom. The lowest BCUT2D eigenvalue weighted by molar-refractivity contribution is -0.119. The molecule has 160 valence electrons. The molecule has 1 heterocycles. The summed E-state index contributed by atoms with van der Waals surface area (Å²) in [4.78, 5) is 35.8. The van der Waals surface area contributed by atoms with Gasteiger partial charge in [0.2, 0.25) is 5.76 Å². The number of carbonyl (C=O) groups excluding carboxylic acids is 3. The summed E-state index contributed by atoms with van der Waals surface area (Å²) in [5.41, 5.74) is 1.41. The first-order valence-corrected chi connectivity index (χ1v) is 9.93. The molecule has 31 heavy (non-hydrogen) atoms. The number of benzene rings is 2. The number of esters is 1. The monoisotopic (exact) mass is 445 g/mol. The predicted molar refractivity (Wildman–Crippen MR) is 111 cm³/mol. The van der Waals surface area contributed by atoms with Crippen molar-refractivity contribution in [2.45, 2.75) is 17.6 Å². The molecule has 0 spiro atoms. The van der Waals surface area contributed by atoms with E-state index in [-0.39, 0.29) is 22.1 Å². The molecule has 1 N–H and O–H groups in total. The molecule has 0 saturated carbocycles. The Morgan fingerprint density at radius 2 is 1.74 bits per heavy atom. The Bertz CT molecular complexity index is 1100. The van der Waals surface area contributed by atoms with Gasteiger partial charge in [0.15, 0.2) is 12.4 Å². The van der Waals surface area contributed by atoms with E-state index in [4.69, 9.17) is 9.15 Å². The van der Waals surface area contributed by atoms with Crippen LogP contribution in [0.5, 0.6) is 0 Å². The molecule has 0 aliphatic heterocycles. The molecular formula is C22H17F2NO5S. The van der Waals surface area contributed by atoms with Gasteiger partial charge in [-0.3, -0.25) is 9.59 Å². The molecule has 3 aromatic rings. The van der Waals surface area contributed by atoms with Crippen molar-refractivity contribution in [3.05, 3.63) is 72.0 Å². The van der Waals surface area contributed by atoms with E-state index in [0.717, 1.165) is 0 Å². The maximum absolute atomic E-state index is 12.6. The number of carbonyl (C=O) groups is 3. The first kappa shape index (κ1) is 22.2. The molecule has 0 saturated heterocycles. The van der Waals surface area contributed by atoms with Gasteiger partial charge in [-0.15, -0.1) is 0 Å². The normalized spacial score (nSPS) is 10.7. The zero-order valence-corrected chi connectivity index (χ0v) is 17.1. The number of nitrogens with one attached hydrogen (secondary N) is 1. The molecule has 0 aliphatic rings. The highest BCUT2D eigenvalue weighted by Gasteiger charge is 2.17. The van der Waals surface area contributed by atoms with E-state index < -0.39 is 24.2 Å². The van der Waals surface area contributed by atoms with Crippen molar-refractivity contribution in [3.8, 4) is 11.3 Å². The van der Waals surface area contributed by atoms with Crippen molar-refractivity contribution in [2.75, 3.05) is 11.9 Å². The largest absolute Gasteiger partial charge is 0.450 e. The highest BCUT2D eigenvalue weighted by atomic mass is 32.2. The van der Waals surface area contributed by atoms with Crippen LogP contribution in [0.25, 0.3) is 11.3 Å². The Kier molecular flexibility index (Phi) is 7.19. The molecule has 3 rings (SSSR count). The van der Waals surface area contributed by atoms with Crippen LogP contribution in [-0.2, 0) is 9.53 Å². The standard InChI is InChI=1S/C22H17F2NO5S/c1-13(26)14-6-8-15(9-7-14)17-10-11-18(30-17)21(28)29-12-20(27)25-16-4-2-3-5-19(16)31-22(23)24/h2-11,22H,12H2,1H3,(H,25,27). The van der Waals surface area contributed by atoms with Crippen molar-refractivity contribution in [1.82, 2.24) is 0 Å². The van der Waals surface area contributed by atoms with Crippen molar-refractivity contribution in [1.29, 1.82) is 0 Å². The zero-order valence-electron chi connectivity index (χ0n) is 16.3. The number of rotatable bonds is 8. The first-order valence-electron chi connectivity index (χ1n) is 9.05. The fourth-order valence-electron chi connectivity index (χ4n) is 2.63. The summed E-state index contributed by atoms with van der Waals surface area (Å²) < 4.78 is 35.6. The van der Waals surface area contributed by atoms with Gasteiger partial charge in [0.1, 0.15) is 5.76 Å². The summed E-state index contributed by atoms with van der Waals surface area (Å²) >= 11 is 0.302. The van der Waals surface area contributed by atoms with Crippen molar-refractivity contribution < 1.29 is 32.3 Å². The summed E-state index contributed by atoms with van der Waals surface area (Å²) in [6, 6.07) is 15.7. The van der Waals surface area contributed by atoms with E-state index in [9.17, 15) is 23.2 Å². The number of halogens is 2. The number of hydrogen-bond acceptors (Lipinski definition) is 6. The van der Waals surface area contributed by atoms with Gasteiger partial charge in [-0.2, -0.15) is 8.78 Å². The fourth-order valence-corrected chi connectivity index (χ4v) is 3.22. The maximum Gasteiger partial charge on any atom is 0.374 e. The van der Waals surface area contributed by atoms with Crippen LogP contribution in [0.3, 0.4) is 0 Å². The molecular weight excluding hydrogens is 428 g/mol. The van der Waals surface area contributed by atoms with E-state index in [1.165, 1.54) is 25.1 Å². The lowest BCUT2D eigenvalue weighted by Gasteiger charge is -2.10. The molecule has 6 nitrogen and oxygen atoms in total. The average molecular weight is 445 g/mol. The molecule has 9 heteroatoms. The highest BCUT2D eigenvalue weighted by molar-refractivity contribution is 7.99. The minimum atomic E-state index is -2.64. The lowest BCUT2D eigenvalue weighted by atomic mass is 10.1. The van der Waals surface area contributed by atoms with E-state index >= 15 is 0 Å². The summed E-state index contributed by atoms with van der Waals surface area (Å²) in [6.45, 7) is 0.846. The number of alkyl halides is 2. The van der Waals surface area contributed by atoms with Gasteiger partial charge in [0, 0.05) is 16.0 Å². The molecule has 0 radical (unpaired) electrons. The van der Waals surface area contributed by atoms with E-state index in [1.54, 1.807) is 42.5 Å². The Balaban J connectivity index is 1.58. The quantitative estimate of drug-likeness (QED) is 0.289. The Hall–Kier alpha value is -3.46. The third kappa shape index (κ3) is 6.02. The van der Waals surface area contributed by atoms with Gasteiger partial charge in [-0.1, -0.05) is 48.2 Å².